The summed E-state index contributed by atoms with van der Waals surface area (Å²) < 4.78 is 0. The summed E-state index contributed by atoms with van der Waals surface area (Å²) in [5.41, 5.74) is 10.3. The Morgan fingerprint density at radius 2 is 1.12 bits per heavy atom. The Balaban J connectivity index is 1.32. The molecule has 41 heavy (non-hydrogen) atoms. The highest BCUT2D eigenvalue weighted by Crippen LogP contribution is 2.69. The van der Waals surface area contributed by atoms with Crippen LogP contribution in [0.1, 0.15) is 41.5 Å². The van der Waals surface area contributed by atoms with E-state index in [0.717, 1.165) is 26.1 Å². The van der Waals surface area contributed by atoms with Crippen molar-refractivity contribution in [3.8, 4) is 0 Å². The lowest BCUT2D eigenvalue weighted by molar-refractivity contribution is 0.136. The summed E-state index contributed by atoms with van der Waals surface area (Å²) in [7, 11) is 11.7. The van der Waals surface area contributed by atoms with Gasteiger partial charge in [-0.1, -0.05) is 54.6 Å². The van der Waals surface area contributed by atoms with Gasteiger partial charge in [0.25, 0.3) is 0 Å². The minimum Gasteiger partial charge on any atom is -0.368 e. The predicted molar refractivity (Wildman–Crippen MR) is 167 cm³/mol. The summed E-state index contributed by atoms with van der Waals surface area (Å²) in [5, 5.41) is 4.30. The first-order valence-electron chi connectivity index (χ1n) is 15.5. The fourth-order valence-electron chi connectivity index (χ4n) is 11.3. The molecule has 212 valence electrons. The van der Waals surface area contributed by atoms with Crippen molar-refractivity contribution in [2.24, 2.45) is 0 Å². The van der Waals surface area contributed by atoms with E-state index in [4.69, 9.17) is 0 Å². The van der Waals surface area contributed by atoms with Crippen LogP contribution in [0.3, 0.4) is 0 Å². The molecule has 6 aliphatic rings. The molecule has 3 saturated heterocycles. The van der Waals surface area contributed by atoms with Gasteiger partial charge in [-0.25, -0.2) is 0 Å². The summed E-state index contributed by atoms with van der Waals surface area (Å²) in [6, 6.07) is 25.9. The fraction of sp³-hybridized carbons (Fsp3) is 0.486. The monoisotopic (exact) mass is 546 g/mol. The number of benzene rings is 3. The Kier molecular flexibility index (Phi) is 4.70. The van der Waals surface area contributed by atoms with Crippen LogP contribution in [0.5, 0.6) is 0 Å². The molecule has 0 saturated carbocycles. The summed E-state index contributed by atoms with van der Waals surface area (Å²) >= 11 is 0. The lowest BCUT2D eigenvalue weighted by Crippen LogP contribution is -2.61. The molecule has 0 spiro atoms. The average Bonchev–Trinajstić information content (AvgIpc) is 3.79. The van der Waals surface area contributed by atoms with Crippen molar-refractivity contribution >= 4 is 17.1 Å². The van der Waals surface area contributed by atoms with E-state index in [1.807, 2.05) is 0 Å². The highest BCUT2D eigenvalue weighted by atomic mass is 15.4. The lowest BCUT2D eigenvalue weighted by Gasteiger charge is -2.49. The van der Waals surface area contributed by atoms with E-state index in [9.17, 15) is 0 Å². The van der Waals surface area contributed by atoms with Gasteiger partial charge >= 0.3 is 0 Å². The van der Waals surface area contributed by atoms with E-state index in [0.29, 0.717) is 12.3 Å². The van der Waals surface area contributed by atoms with Gasteiger partial charge in [-0.3, -0.25) is 14.7 Å². The van der Waals surface area contributed by atoms with Crippen LogP contribution >= 0.6 is 0 Å². The van der Waals surface area contributed by atoms with Crippen molar-refractivity contribution in [1.82, 2.24) is 14.7 Å². The topological polar surface area (TPSA) is 28.2 Å². The van der Waals surface area contributed by atoms with E-state index in [1.165, 1.54) is 41.0 Å². The van der Waals surface area contributed by atoms with Crippen LogP contribution in [-0.4, -0.2) is 88.1 Å². The number of likely N-dealkylation sites (N-methyl/N-ethyl adjacent to an activating group) is 5. The van der Waals surface area contributed by atoms with Gasteiger partial charge in [0.05, 0.1) is 23.9 Å². The van der Waals surface area contributed by atoms with Crippen LogP contribution in [-0.2, 0) is 16.2 Å². The Morgan fingerprint density at radius 3 is 1.93 bits per heavy atom. The molecular weight excluding hydrogens is 504 g/mol. The Hall–Kier alpha value is -3.06. The highest BCUT2D eigenvalue weighted by Gasteiger charge is 2.72. The molecule has 9 rings (SSSR count). The van der Waals surface area contributed by atoms with Gasteiger partial charge in [0.2, 0.25) is 0 Å². The van der Waals surface area contributed by atoms with Gasteiger partial charge < -0.3 is 15.1 Å². The molecule has 0 aromatic heterocycles. The van der Waals surface area contributed by atoms with Crippen molar-refractivity contribution in [3.05, 3.63) is 89.0 Å². The van der Waals surface area contributed by atoms with Crippen molar-refractivity contribution in [2.75, 3.05) is 70.0 Å². The first kappa shape index (κ1) is 24.5. The van der Waals surface area contributed by atoms with E-state index in [-0.39, 0.29) is 22.4 Å². The number of fused-ring (bicyclic) bond motifs is 10. The van der Waals surface area contributed by atoms with Crippen LogP contribution in [0.2, 0.25) is 0 Å². The first-order valence-corrected chi connectivity index (χ1v) is 15.5. The third-order valence-corrected chi connectivity index (χ3v) is 12.6. The van der Waals surface area contributed by atoms with Gasteiger partial charge in [0, 0.05) is 61.6 Å². The Bertz CT molecular complexity index is 1590. The molecule has 0 radical (unpaired) electrons. The van der Waals surface area contributed by atoms with Crippen molar-refractivity contribution in [2.45, 2.75) is 54.0 Å². The van der Waals surface area contributed by atoms with Gasteiger partial charge in [0.15, 0.2) is 0 Å². The predicted octanol–water partition coefficient (Wildman–Crippen LogP) is 4.46. The number of hydrogen-bond acceptors (Lipinski definition) is 6. The zero-order valence-corrected chi connectivity index (χ0v) is 25.1. The molecule has 3 aromatic carbocycles. The number of nitrogens with one attached hydrogen (secondary N) is 1. The number of para-hydroxylation sites is 3. The maximum Gasteiger partial charge on any atom is 0.0956 e. The van der Waals surface area contributed by atoms with Gasteiger partial charge in [0.1, 0.15) is 0 Å². The van der Waals surface area contributed by atoms with Gasteiger partial charge in [-0.05, 0) is 74.8 Å². The van der Waals surface area contributed by atoms with Crippen LogP contribution in [0, 0.1) is 0 Å². The van der Waals surface area contributed by atoms with Crippen LogP contribution in [0.4, 0.5) is 17.1 Å². The van der Waals surface area contributed by atoms with Crippen molar-refractivity contribution < 1.29 is 0 Å². The SMILES string of the molecule is CN1CC[C@@]2(c3cccc4c3N[C@H]3N(C)CC[C@@]43[C@]34CCN(C)[C@H]3N(C)c3ccccc34)c3ccccc3N(C)[C@@H]12. The number of anilines is 3. The second-order valence-electron chi connectivity index (χ2n) is 13.9. The number of hydrogen-bond donors (Lipinski definition) is 1. The second kappa shape index (κ2) is 7.85. The zero-order valence-electron chi connectivity index (χ0n) is 25.1. The van der Waals surface area contributed by atoms with Crippen LogP contribution < -0.4 is 15.1 Å². The average molecular weight is 547 g/mol. The number of nitrogens with zero attached hydrogens (tertiary/aromatic N) is 5. The van der Waals surface area contributed by atoms with E-state index in [1.54, 1.807) is 11.1 Å². The van der Waals surface area contributed by atoms with Gasteiger partial charge in [-0.15, -0.1) is 0 Å². The van der Waals surface area contributed by atoms with Crippen molar-refractivity contribution in [3.63, 3.8) is 0 Å². The quantitative estimate of drug-likeness (QED) is 0.511. The molecule has 0 unspecified atom stereocenters. The molecule has 6 heteroatoms. The van der Waals surface area contributed by atoms with E-state index >= 15 is 0 Å². The van der Waals surface area contributed by atoms with Crippen LogP contribution in [0.25, 0.3) is 0 Å². The maximum atomic E-state index is 4.30. The molecule has 6 nitrogen and oxygen atoms in total. The number of rotatable bonds is 2. The summed E-state index contributed by atoms with van der Waals surface area (Å²) in [5.74, 6) is 0. The molecule has 0 amide bonds. The second-order valence-corrected chi connectivity index (χ2v) is 13.9. The molecule has 6 aliphatic heterocycles. The largest absolute Gasteiger partial charge is 0.368 e. The summed E-state index contributed by atoms with van der Waals surface area (Å²) in [6.45, 7) is 3.36. The lowest BCUT2D eigenvalue weighted by atomic mass is 9.54. The molecule has 3 fully saturated rings. The highest BCUT2D eigenvalue weighted by molar-refractivity contribution is 5.79. The minimum absolute atomic E-state index is 0.00987. The fourth-order valence-corrected chi connectivity index (χ4v) is 11.3. The van der Waals surface area contributed by atoms with E-state index in [2.05, 4.69) is 132 Å². The third kappa shape index (κ3) is 2.51. The molecule has 3 aromatic rings. The molecule has 0 aliphatic carbocycles. The minimum atomic E-state index is -0.0508. The smallest absolute Gasteiger partial charge is 0.0956 e. The molecule has 1 N–H and O–H groups in total. The number of likely N-dealkylation sites (tertiary alicyclic amines) is 3. The van der Waals surface area contributed by atoms with Crippen molar-refractivity contribution in [1.29, 1.82) is 0 Å². The molecule has 6 heterocycles. The molecular formula is C35H42N6. The molecule has 6 atom stereocenters. The maximum absolute atomic E-state index is 4.30. The zero-order chi connectivity index (χ0) is 27.9. The Morgan fingerprint density at radius 1 is 0.561 bits per heavy atom. The normalized spacial score (nSPS) is 37.1. The molecule has 0 bridgehead atoms. The van der Waals surface area contributed by atoms with Crippen LogP contribution in [0.15, 0.2) is 66.7 Å². The van der Waals surface area contributed by atoms with E-state index < -0.39 is 0 Å². The Labute approximate surface area is 244 Å². The standard InChI is InChI=1S/C35H42N6/c1-37-21-18-34(35-19-22-39(3)32(35)41(5)28-16-9-7-12-24(28)35)26-14-10-13-25(29(26)36-30(34)37)33-17-20-38(2)31(33)40(4)27-15-8-6-11-23(27)33/h6-16,30-32,36H,17-22H2,1-5H3/t30-,31+,32-,33-,34+,35-/m0/s1. The third-order valence-electron chi connectivity index (χ3n) is 12.6. The first-order chi connectivity index (χ1) is 19.9. The van der Waals surface area contributed by atoms with Gasteiger partial charge in [-0.2, -0.15) is 0 Å². The summed E-state index contributed by atoms with van der Waals surface area (Å²) in [4.78, 5) is 13.0. The summed E-state index contributed by atoms with van der Waals surface area (Å²) in [6.07, 6.45) is 4.46.